The molecule has 1 aromatic heterocycles. The van der Waals surface area contributed by atoms with Crippen LogP contribution in [-0.4, -0.2) is 22.4 Å². The van der Waals surface area contributed by atoms with Gasteiger partial charge in [-0.2, -0.15) is 10.2 Å². The molecular formula is C8H7N3O2S. The maximum absolute atomic E-state index is 11.7. The SMILES string of the molecule is COc1nc2n(c(=O)c1C#N)CCS2. The van der Waals surface area contributed by atoms with Gasteiger partial charge in [-0.1, -0.05) is 11.8 Å². The van der Waals surface area contributed by atoms with Crippen molar-refractivity contribution in [2.75, 3.05) is 12.9 Å². The summed E-state index contributed by atoms with van der Waals surface area (Å²) in [6.45, 7) is 0.616. The Kier molecular flexibility index (Phi) is 2.17. The zero-order valence-electron chi connectivity index (χ0n) is 7.48. The Morgan fingerprint density at radius 2 is 2.50 bits per heavy atom. The average Bonchev–Trinajstić information content (AvgIpc) is 2.65. The van der Waals surface area contributed by atoms with Gasteiger partial charge in [0.15, 0.2) is 10.7 Å². The van der Waals surface area contributed by atoms with Crippen molar-refractivity contribution in [1.29, 1.82) is 5.26 Å². The lowest BCUT2D eigenvalue weighted by molar-refractivity contribution is 0.385. The molecule has 0 radical (unpaired) electrons. The second-order valence-electron chi connectivity index (χ2n) is 2.70. The van der Waals surface area contributed by atoms with Crippen molar-refractivity contribution >= 4 is 11.8 Å². The molecular weight excluding hydrogens is 202 g/mol. The van der Waals surface area contributed by atoms with E-state index in [1.54, 1.807) is 0 Å². The van der Waals surface area contributed by atoms with Crippen LogP contribution in [0, 0.1) is 11.3 Å². The van der Waals surface area contributed by atoms with Crippen LogP contribution in [0.25, 0.3) is 0 Å². The predicted molar refractivity (Wildman–Crippen MR) is 50.5 cm³/mol. The molecule has 1 aliphatic rings. The number of methoxy groups -OCH3 is 1. The molecule has 72 valence electrons. The predicted octanol–water partition coefficient (Wildman–Crippen LogP) is 0.229. The van der Waals surface area contributed by atoms with Gasteiger partial charge >= 0.3 is 0 Å². The van der Waals surface area contributed by atoms with Gasteiger partial charge in [0.25, 0.3) is 5.56 Å². The van der Waals surface area contributed by atoms with E-state index >= 15 is 0 Å². The Hall–Kier alpha value is -1.48. The Morgan fingerprint density at radius 1 is 1.71 bits per heavy atom. The molecule has 0 spiro atoms. The highest BCUT2D eigenvalue weighted by Gasteiger charge is 2.20. The molecule has 0 aromatic carbocycles. The molecule has 2 rings (SSSR count). The summed E-state index contributed by atoms with van der Waals surface area (Å²) < 4.78 is 6.39. The third kappa shape index (κ3) is 1.17. The van der Waals surface area contributed by atoms with Crippen LogP contribution in [0.3, 0.4) is 0 Å². The van der Waals surface area contributed by atoms with Gasteiger partial charge in [-0.15, -0.1) is 0 Å². The van der Waals surface area contributed by atoms with E-state index in [2.05, 4.69) is 4.98 Å². The Balaban J connectivity index is 2.74. The zero-order valence-corrected chi connectivity index (χ0v) is 8.30. The minimum atomic E-state index is -0.306. The molecule has 0 saturated heterocycles. The minimum Gasteiger partial charge on any atom is -0.480 e. The van der Waals surface area contributed by atoms with Crippen molar-refractivity contribution in [2.45, 2.75) is 11.7 Å². The van der Waals surface area contributed by atoms with Gasteiger partial charge in [-0.3, -0.25) is 9.36 Å². The van der Waals surface area contributed by atoms with Crippen LogP contribution in [0.4, 0.5) is 0 Å². The number of hydrogen-bond donors (Lipinski definition) is 0. The van der Waals surface area contributed by atoms with Crippen LogP contribution in [0.2, 0.25) is 0 Å². The maximum atomic E-state index is 11.7. The number of nitrogens with zero attached hydrogens (tertiary/aromatic N) is 3. The smallest absolute Gasteiger partial charge is 0.276 e. The maximum Gasteiger partial charge on any atom is 0.276 e. The molecule has 0 unspecified atom stereocenters. The summed E-state index contributed by atoms with van der Waals surface area (Å²) >= 11 is 1.49. The standard InChI is InChI=1S/C8H7N3O2S/c1-13-6-5(4-9)7(12)11-2-3-14-8(11)10-6/h2-3H2,1H3. The lowest BCUT2D eigenvalue weighted by Gasteiger charge is -2.04. The number of rotatable bonds is 1. The van der Waals surface area contributed by atoms with Gasteiger partial charge in [0.1, 0.15) is 6.07 Å². The second-order valence-corrected chi connectivity index (χ2v) is 3.76. The summed E-state index contributed by atoms with van der Waals surface area (Å²) in [5.74, 6) is 0.943. The van der Waals surface area contributed by atoms with Crippen molar-refractivity contribution in [3.8, 4) is 11.9 Å². The highest BCUT2D eigenvalue weighted by molar-refractivity contribution is 7.99. The highest BCUT2D eigenvalue weighted by Crippen LogP contribution is 2.24. The number of nitriles is 1. The lowest BCUT2D eigenvalue weighted by atomic mass is 10.3. The topological polar surface area (TPSA) is 67.9 Å². The van der Waals surface area contributed by atoms with E-state index < -0.39 is 0 Å². The van der Waals surface area contributed by atoms with E-state index in [1.165, 1.54) is 23.4 Å². The lowest BCUT2D eigenvalue weighted by Crippen LogP contribution is -2.23. The van der Waals surface area contributed by atoms with Gasteiger partial charge in [-0.25, -0.2) is 0 Å². The summed E-state index contributed by atoms with van der Waals surface area (Å²) in [6.07, 6.45) is 0. The molecule has 14 heavy (non-hydrogen) atoms. The van der Waals surface area contributed by atoms with Gasteiger partial charge < -0.3 is 4.74 Å². The minimum absolute atomic E-state index is 0.0150. The number of fused-ring (bicyclic) bond motifs is 1. The fourth-order valence-electron chi connectivity index (χ4n) is 1.30. The zero-order chi connectivity index (χ0) is 10.1. The third-order valence-electron chi connectivity index (χ3n) is 1.95. The quantitative estimate of drug-likeness (QED) is 0.619. The first-order valence-corrected chi connectivity index (χ1v) is 4.98. The second kappa shape index (κ2) is 3.35. The molecule has 0 N–H and O–H groups in total. The van der Waals surface area contributed by atoms with E-state index in [0.717, 1.165) is 5.75 Å². The summed E-state index contributed by atoms with van der Waals surface area (Å²) in [7, 11) is 1.40. The first kappa shape index (κ1) is 9.09. The molecule has 0 aliphatic carbocycles. The Bertz CT molecular complexity index is 475. The van der Waals surface area contributed by atoms with Crippen LogP contribution in [0.5, 0.6) is 5.88 Å². The van der Waals surface area contributed by atoms with Crippen molar-refractivity contribution in [2.24, 2.45) is 0 Å². The van der Waals surface area contributed by atoms with E-state index in [4.69, 9.17) is 10.00 Å². The van der Waals surface area contributed by atoms with Crippen LogP contribution in [0.1, 0.15) is 5.56 Å². The average molecular weight is 209 g/mol. The van der Waals surface area contributed by atoms with E-state index in [0.29, 0.717) is 11.7 Å². The van der Waals surface area contributed by atoms with Gasteiger partial charge in [0.05, 0.1) is 7.11 Å². The first-order chi connectivity index (χ1) is 6.77. The van der Waals surface area contributed by atoms with Crippen molar-refractivity contribution in [3.05, 3.63) is 15.9 Å². The van der Waals surface area contributed by atoms with Crippen LogP contribution in [0.15, 0.2) is 9.95 Å². The molecule has 1 aliphatic heterocycles. The van der Waals surface area contributed by atoms with Gasteiger partial charge in [0.2, 0.25) is 5.88 Å². The van der Waals surface area contributed by atoms with E-state index in [1.807, 2.05) is 6.07 Å². The summed E-state index contributed by atoms with van der Waals surface area (Å²) in [5.41, 5.74) is -0.321. The molecule has 1 aromatic rings. The molecule has 5 nitrogen and oxygen atoms in total. The normalized spacial score (nSPS) is 13.4. The van der Waals surface area contributed by atoms with Crippen molar-refractivity contribution in [1.82, 2.24) is 9.55 Å². The molecule has 0 atom stereocenters. The fraction of sp³-hybridized carbons (Fsp3) is 0.375. The Morgan fingerprint density at radius 3 is 3.14 bits per heavy atom. The monoisotopic (exact) mass is 209 g/mol. The summed E-state index contributed by atoms with van der Waals surface area (Å²) in [5, 5.41) is 9.40. The molecule has 6 heteroatoms. The van der Waals surface area contributed by atoms with Gasteiger partial charge in [-0.05, 0) is 0 Å². The van der Waals surface area contributed by atoms with E-state index in [-0.39, 0.29) is 17.0 Å². The number of hydrogen-bond acceptors (Lipinski definition) is 5. The fourth-order valence-corrected chi connectivity index (χ4v) is 2.23. The van der Waals surface area contributed by atoms with Crippen LogP contribution >= 0.6 is 11.8 Å². The van der Waals surface area contributed by atoms with Crippen LogP contribution < -0.4 is 10.3 Å². The van der Waals surface area contributed by atoms with Crippen molar-refractivity contribution in [3.63, 3.8) is 0 Å². The molecule has 0 bridgehead atoms. The molecule has 0 fully saturated rings. The molecule has 0 amide bonds. The van der Waals surface area contributed by atoms with E-state index in [9.17, 15) is 4.79 Å². The summed E-state index contributed by atoms with van der Waals surface area (Å²) in [4.78, 5) is 15.8. The summed E-state index contributed by atoms with van der Waals surface area (Å²) in [6, 6.07) is 1.81. The molecule has 0 saturated carbocycles. The van der Waals surface area contributed by atoms with Crippen molar-refractivity contribution < 1.29 is 4.74 Å². The van der Waals surface area contributed by atoms with Gasteiger partial charge in [0, 0.05) is 12.3 Å². The Labute approximate surface area is 84.3 Å². The highest BCUT2D eigenvalue weighted by atomic mass is 32.2. The first-order valence-electron chi connectivity index (χ1n) is 3.99. The number of thioether (sulfide) groups is 1. The van der Waals surface area contributed by atoms with Crippen LogP contribution in [-0.2, 0) is 6.54 Å². The number of ether oxygens (including phenoxy) is 1. The third-order valence-corrected chi connectivity index (χ3v) is 2.91. The number of aromatic nitrogens is 2. The molecule has 2 heterocycles. The largest absolute Gasteiger partial charge is 0.480 e.